The molecule has 2 aliphatic heterocycles. The van der Waals surface area contributed by atoms with Gasteiger partial charge < -0.3 is 19.7 Å². The monoisotopic (exact) mass is 504 g/mol. The molecule has 5 rings (SSSR count). The molecule has 2 aromatic heterocycles. The average Bonchev–Trinajstić information content (AvgIpc) is 3.37. The minimum atomic E-state index is 0.0256. The molecule has 3 aromatic rings. The van der Waals surface area contributed by atoms with E-state index < -0.39 is 0 Å². The van der Waals surface area contributed by atoms with Crippen molar-refractivity contribution in [2.45, 2.75) is 83.1 Å². The van der Waals surface area contributed by atoms with Crippen LogP contribution in [0.2, 0.25) is 0 Å². The van der Waals surface area contributed by atoms with Gasteiger partial charge in [-0.1, -0.05) is 6.07 Å². The number of nitrogens with zero attached hydrogens (tertiary/aromatic N) is 5. The minimum Gasteiger partial charge on any atom is -0.496 e. The second-order valence-electron chi connectivity index (χ2n) is 11.8. The summed E-state index contributed by atoms with van der Waals surface area (Å²) >= 11 is 0. The van der Waals surface area contributed by atoms with E-state index in [1.165, 1.54) is 6.42 Å². The Morgan fingerprint density at radius 2 is 1.81 bits per heavy atom. The minimum absolute atomic E-state index is 0.0256. The number of hydrogen-bond acceptors (Lipinski definition) is 7. The Kier molecular flexibility index (Phi) is 6.98. The lowest BCUT2D eigenvalue weighted by Gasteiger charge is -2.49. The molecule has 8 heteroatoms. The zero-order chi connectivity index (χ0) is 26.2. The van der Waals surface area contributed by atoms with Gasteiger partial charge in [0.1, 0.15) is 17.8 Å². The van der Waals surface area contributed by atoms with Crippen LogP contribution in [0.4, 0.5) is 5.82 Å². The molecule has 1 aromatic carbocycles. The third-order valence-corrected chi connectivity index (χ3v) is 7.58. The first-order valence-electron chi connectivity index (χ1n) is 13.3. The van der Waals surface area contributed by atoms with Crippen molar-refractivity contribution < 1.29 is 9.47 Å². The van der Waals surface area contributed by atoms with Crippen LogP contribution >= 0.6 is 0 Å². The van der Waals surface area contributed by atoms with E-state index in [0.29, 0.717) is 6.04 Å². The van der Waals surface area contributed by atoms with Gasteiger partial charge in [0.05, 0.1) is 31.4 Å². The van der Waals surface area contributed by atoms with Gasteiger partial charge in [0.25, 0.3) is 0 Å². The van der Waals surface area contributed by atoms with Crippen molar-refractivity contribution in [2.75, 3.05) is 25.7 Å². The summed E-state index contributed by atoms with van der Waals surface area (Å²) in [6.07, 6.45) is 13.1. The fraction of sp³-hybridized carbons (Fsp3) is 0.552. The molecule has 0 amide bonds. The number of nitrogens with one attached hydrogen (secondary N) is 1. The van der Waals surface area contributed by atoms with Gasteiger partial charge in [0, 0.05) is 48.1 Å². The quantitative estimate of drug-likeness (QED) is 0.478. The lowest BCUT2D eigenvalue weighted by Crippen LogP contribution is -2.62. The maximum atomic E-state index is 5.87. The highest BCUT2D eigenvalue weighted by molar-refractivity contribution is 5.74. The van der Waals surface area contributed by atoms with Gasteiger partial charge in [-0.2, -0.15) is 5.10 Å². The molecule has 1 unspecified atom stereocenters. The summed E-state index contributed by atoms with van der Waals surface area (Å²) < 4.78 is 13.6. The number of benzene rings is 1. The van der Waals surface area contributed by atoms with Crippen LogP contribution < -0.4 is 15.0 Å². The van der Waals surface area contributed by atoms with Crippen molar-refractivity contribution >= 4 is 5.82 Å². The largest absolute Gasteiger partial charge is 0.496 e. The molecule has 0 saturated carbocycles. The van der Waals surface area contributed by atoms with Crippen molar-refractivity contribution in [3.8, 4) is 28.1 Å². The van der Waals surface area contributed by atoms with Gasteiger partial charge in [0.15, 0.2) is 0 Å². The van der Waals surface area contributed by atoms with Crippen LogP contribution in [0.3, 0.4) is 0 Å². The van der Waals surface area contributed by atoms with E-state index in [4.69, 9.17) is 19.4 Å². The van der Waals surface area contributed by atoms with E-state index in [1.54, 1.807) is 7.11 Å². The van der Waals surface area contributed by atoms with Crippen LogP contribution in [-0.2, 0) is 4.74 Å². The number of methoxy groups -OCH3 is 1. The van der Waals surface area contributed by atoms with Crippen LogP contribution in [0.1, 0.15) is 66.0 Å². The number of rotatable bonds is 6. The maximum Gasteiger partial charge on any atom is 0.150 e. The second-order valence-corrected chi connectivity index (χ2v) is 11.8. The molecule has 2 fully saturated rings. The summed E-state index contributed by atoms with van der Waals surface area (Å²) in [6.45, 7) is 9.89. The molecule has 8 nitrogen and oxygen atoms in total. The van der Waals surface area contributed by atoms with Crippen molar-refractivity contribution in [1.29, 1.82) is 0 Å². The second kappa shape index (κ2) is 10.1. The number of piperidine rings is 1. The summed E-state index contributed by atoms with van der Waals surface area (Å²) in [4.78, 5) is 11.9. The van der Waals surface area contributed by atoms with Gasteiger partial charge in [-0.05, 0) is 77.5 Å². The van der Waals surface area contributed by atoms with Gasteiger partial charge in [-0.3, -0.25) is 4.98 Å². The van der Waals surface area contributed by atoms with Crippen LogP contribution in [0.5, 0.6) is 5.75 Å². The Labute approximate surface area is 220 Å². The van der Waals surface area contributed by atoms with E-state index in [9.17, 15) is 0 Å². The van der Waals surface area contributed by atoms with Crippen LogP contribution in [-0.4, -0.2) is 57.6 Å². The topological polar surface area (TPSA) is 77.3 Å². The highest BCUT2D eigenvalue weighted by atomic mass is 16.5. The molecule has 0 spiro atoms. The summed E-state index contributed by atoms with van der Waals surface area (Å²) in [5.74, 6) is 1.65. The Morgan fingerprint density at radius 3 is 2.46 bits per heavy atom. The third kappa shape index (κ3) is 5.65. The molecule has 4 heterocycles. The summed E-state index contributed by atoms with van der Waals surface area (Å²) in [6, 6.07) is 6.56. The van der Waals surface area contributed by atoms with E-state index in [1.807, 2.05) is 35.4 Å². The molecule has 2 saturated heterocycles. The Hall–Kier alpha value is -2.97. The summed E-state index contributed by atoms with van der Waals surface area (Å²) in [5.41, 5.74) is 3.93. The molecule has 1 atom stereocenters. The highest BCUT2D eigenvalue weighted by Crippen LogP contribution is 2.35. The molecule has 37 heavy (non-hydrogen) atoms. The molecule has 0 bridgehead atoms. The standard InChI is InChI=1S/C29H40N6O2/c1-28(2)14-22(15-29(3,4)33-28)34(5)26-18-30-24(17-31-26)23-11-10-20(13-25(23)36-6)21-16-32-35(19-21)27-9-7-8-12-37-27/h10-11,13,16-19,22,27,33H,7-9,12,14-15H2,1-6H3. The normalized spacial score (nSPS) is 21.5. The van der Waals surface area contributed by atoms with Crippen LogP contribution in [0.15, 0.2) is 43.0 Å². The van der Waals surface area contributed by atoms with E-state index in [-0.39, 0.29) is 17.3 Å². The number of aromatic nitrogens is 4. The van der Waals surface area contributed by atoms with Crippen LogP contribution in [0, 0.1) is 0 Å². The van der Waals surface area contributed by atoms with E-state index in [0.717, 1.165) is 66.2 Å². The van der Waals surface area contributed by atoms with Crippen molar-refractivity contribution in [3.05, 3.63) is 43.0 Å². The zero-order valence-electron chi connectivity index (χ0n) is 23.0. The van der Waals surface area contributed by atoms with E-state index >= 15 is 0 Å². The smallest absolute Gasteiger partial charge is 0.150 e. The maximum absolute atomic E-state index is 5.87. The number of hydrogen-bond donors (Lipinski definition) is 1. The Balaban J connectivity index is 1.34. The third-order valence-electron chi connectivity index (χ3n) is 7.58. The first-order valence-corrected chi connectivity index (χ1v) is 13.3. The van der Waals surface area contributed by atoms with Crippen LogP contribution in [0.25, 0.3) is 22.4 Å². The zero-order valence-corrected chi connectivity index (χ0v) is 23.0. The van der Waals surface area contributed by atoms with Gasteiger partial charge in [-0.15, -0.1) is 0 Å². The average molecular weight is 505 g/mol. The van der Waals surface area contributed by atoms with E-state index in [2.05, 4.69) is 62.3 Å². The van der Waals surface area contributed by atoms with Crippen molar-refractivity contribution in [1.82, 2.24) is 25.1 Å². The molecule has 198 valence electrons. The Morgan fingerprint density at radius 1 is 1.03 bits per heavy atom. The fourth-order valence-electron chi connectivity index (χ4n) is 6.03. The van der Waals surface area contributed by atoms with Crippen molar-refractivity contribution in [2.24, 2.45) is 0 Å². The predicted octanol–water partition coefficient (Wildman–Crippen LogP) is 5.46. The first-order chi connectivity index (χ1) is 17.6. The highest BCUT2D eigenvalue weighted by Gasteiger charge is 2.39. The SMILES string of the molecule is COc1cc(-c2cnn(C3CCCCO3)c2)ccc1-c1cnc(N(C)C2CC(C)(C)NC(C)(C)C2)cn1. The van der Waals surface area contributed by atoms with Gasteiger partial charge in [-0.25, -0.2) is 9.67 Å². The first kappa shape index (κ1) is 25.7. The Bertz CT molecular complexity index is 1200. The molecule has 1 N–H and O–H groups in total. The van der Waals surface area contributed by atoms with Gasteiger partial charge in [0.2, 0.25) is 0 Å². The van der Waals surface area contributed by atoms with Gasteiger partial charge >= 0.3 is 0 Å². The summed E-state index contributed by atoms with van der Waals surface area (Å²) in [7, 11) is 3.82. The molecule has 0 aliphatic carbocycles. The lowest BCUT2D eigenvalue weighted by molar-refractivity contribution is -0.0394. The number of ether oxygens (including phenoxy) is 2. The van der Waals surface area contributed by atoms with Crippen molar-refractivity contribution in [3.63, 3.8) is 0 Å². The predicted molar refractivity (Wildman–Crippen MR) is 147 cm³/mol. The molecular formula is C29H40N6O2. The fourth-order valence-corrected chi connectivity index (χ4v) is 6.03. The number of anilines is 1. The lowest BCUT2D eigenvalue weighted by atomic mass is 9.79. The summed E-state index contributed by atoms with van der Waals surface area (Å²) in [5, 5.41) is 8.31. The molecule has 0 radical (unpaired) electrons. The molecular weight excluding hydrogens is 464 g/mol. The molecule has 2 aliphatic rings.